The standard InChI is InChI=1S/C11H10BrNO3/c1-11(2,10(14)15)16-9-5-8(12)4-3-7(9)6-13/h3-5H,1-2H3,(H,14,15). The predicted octanol–water partition coefficient (Wildman–Crippen LogP) is 2.56. The summed E-state index contributed by atoms with van der Waals surface area (Å²) >= 11 is 3.23. The molecule has 0 saturated heterocycles. The second-order valence-electron chi connectivity index (χ2n) is 3.67. The fourth-order valence-electron chi connectivity index (χ4n) is 0.992. The Hall–Kier alpha value is -1.54. The molecule has 0 aliphatic carbocycles. The van der Waals surface area contributed by atoms with Gasteiger partial charge in [0.05, 0.1) is 5.56 Å². The van der Waals surface area contributed by atoms with Crippen LogP contribution in [0.1, 0.15) is 19.4 Å². The Bertz CT molecular complexity index is 463. The molecule has 1 N–H and O–H groups in total. The number of nitrogens with zero attached hydrogens (tertiary/aromatic N) is 1. The maximum Gasteiger partial charge on any atom is 0.347 e. The van der Waals surface area contributed by atoms with Gasteiger partial charge in [-0.1, -0.05) is 15.9 Å². The van der Waals surface area contributed by atoms with E-state index >= 15 is 0 Å². The molecule has 0 amide bonds. The highest BCUT2D eigenvalue weighted by molar-refractivity contribution is 9.10. The Morgan fingerprint density at radius 1 is 1.56 bits per heavy atom. The summed E-state index contributed by atoms with van der Waals surface area (Å²) < 4.78 is 6.04. The molecule has 0 fully saturated rings. The summed E-state index contributed by atoms with van der Waals surface area (Å²) in [6.45, 7) is 2.86. The van der Waals surface area contributed by atoms with E-state index in [1.807, 2.05) is 6.07 Å². The van der Waals surface area contributed by atoms with Gasteiger partial charge in [0.15, 0.2) is 5.60 Å². The van der Waals surface area contributed by atoms with E-state index in [1.165, 1.54) is 13.8 Å². The Kier molecular flexibility index (Phi) is 3.55. The van der Waals surface area contributed by atoms with E-state index in [9.17, 15) is 4.79 Å². The van der Waals surface area contributed by atoms with Crippen LogP contribution in [0.25, 0.3) is 0 Å². The summed E-state index contributed by atoms with van der Waals surface area (Å²) in [6.07, 6.45) is 0. The van der Waals surface area contributed by atoms with Crippen molar-refractivity contribution in [3.05, 3.63) is 28.2 Å². The van der Waals surface area contributed by atoms with Crippen LogP contribution >= 0.6 is 15.9 Å². The number of benzene rings is 1. The Balaban J connectivity index is 3.10. The van der Waals surface area contributed by atoms with E-state index in [0.717, 1.165) is 4.47 Å². The lowest BCUT2D eigenvalue weighted by atomic mass is 10.1. The van der Waals surface area contributed by atoms with E-state index in [1.54, 1.807) is 18.2 Å². The van der Waals surface area contributed by atoms with Gasteiger partial charge >= 0.3 is 5.97 Å². The molecular formula is C11H10BrNO3. The van der Waals surface area contributed by atoms with Crippen LogP contribution in [0.3, 0.4) is 0 Å². The van der Waals surface area contributed by atoms with E-state index in [2.05, 4.69) is 15.9 Å². The van der Waals surface area contributed by atoms with E-state index in [4.69, 9.17) is 15.1 Å². The second kappa shape index (κ2) is 4.54. The van der Waals surface area contributed by atoms with Crippen molar-refractivity contribution in [2.45, 2.75) is 19.4 Å². The van der Waals surface area contributed by atoms with Crippen LogP contribution in [-0.2, 0) is 4.79 Å². The van der Waals surface area contributed by atoms with Crippen LogP contribution in [0.15, 0.2) is 22.7 Å². The Morgan fingerprint density at radius 3 is 2.69 bits per heavy atom. The average Bonchev–Trinajstić information content (AvgIpc) is 2.17. The molecule has 16 heavy (non-hydrogen) atoms. The number of carboxylic acid groups (broad SMARTS) is 1. The Morgan fingerprint density at radius 2 is 2.19 bits per heavy atom. The molecule has 4 nitrogen and oxygen atoms in total. The molecule has 0 saturated carbocycles. The van der Waals surface area contributed by atoms with Gasteiger partial charge < -0.3 is 9.84 Å². The highest BCUT2D eigenvalue weighted by Crippen LogP contribution is 2.26. The largest absolute Gasteiger partial charge is 0.478 e. The minimum atomic E-state index is -1.37. The number of rotatable bonds is 3. The van der Waals surface area contributed by atoms with Crippen LogP contribution < -0.4 is 4.74 Å². The smallest absolute Gasteiger partial charge is 0.347 e. The number of halogens is 1. The van der Waals surface area contributed by atoms with Gasteiger partial charge in [-0.2, -0.15) is 5.26 Å². The van der Waals surface area contributed by atoms with Gasteiger partial charge in [0.25, 0.3) is 0 Å². The lowest BCUT2D eigenvalue weighted by Gasteiger charge is -2.22. The topological polar surface area (TPSA) is 70.3 Å². The minimum absolute atomic E-state index is 0.254. The molecule has 0 unspecified atom stereocenters. The zero-order chi connectivity index (χ0) is 12.3. The molecule has 84 valence electrons. The molecule has 0 spiro atoms. The molecule has 5 heteroatoms. The second-order valence-corrected chi connectivity index (χ2v) is 4.59. The van der Waals surface area contributed by atoms with Gasteiger partial charge in [-0.3, -0.25) is 0 Å². The maximum atomic E-state index is 10.9. The van der Waals surface area contributed by atoms with Crippen molar-refractivity contribution in [1.29, 1.82) is 5.26 Å². The van der Waals surface area contributed by atoms with Crippen molar-refractivity contribution in [3.63, 3.8) is 0 Å². The lowest BCUT2D eigenvalue weighted by molar-refractivity contribution is -0.152. The third kappa shape index (κ3) is 2.74. The number of hydrogen-bond donors (Lipinski definition) is 1. The minimum Gasteiger partial charge on any atom is -0.478 e. The fraction of sp³-hybridized carbons (Fsp3) is 0.273. The maximum absolute atomic E-state index is 10.9. The number of carboxylic acids is 1. The third-order valence-electron chi connectivity index (χ3n) is 1.94. The summed E-state index contributed by atoms with van der Waals surface area (Å²) in [7, 11) is 0. The van der Waals surface area contributed by atoms with Crippen LogP contribution in [0.4, 0.5) is 0 Å². The molecule has 0 aliphatic heterocycles. The van der Waals surface area contributed by atoms with E-state index in [0.29, 0.717) is 5.56 Å². The van der Waals surface area contributed by atoms with Crippen molar-refractivity contribution < 1.29 is 14.6 Å². The molecule has 0 aromatic heterocycles. The number of hydrogen-bond acceptors (Lipinski definition) is 3. The molecule has 0 atom stereocenters. The van der Waals surface area contributed by atoms with Crippen molar-refractivity contribution in [2.75, 3.05) is 0 Å². The summed E-state index contributed by atoms with van der Waals surface area (Å²) in [4.78, 5) is 10.9. The van der Waals surface area contributed by atoms with Gasteiger partial charge in [0.1, 0.15) is 11.8 Å². The SMILES string of the molecule is CC(C)(Oc1cc(Br)ccc1C#N)C(=O)O. The van der Waals surface area contributed by atoms with Crippen LogP contribution in [0.2, 0.25) is 0 Å². The van der Waals surface area contributed by atoms with Crippen LogP contribution in [-0.4, -0.2) is 16.7 Å². The van der Waals surface area contributed by atoms with Crippen molar-refractivity contribution in [2.24, 2.45) is 0 Å². The first-order valence-electron chi connectivity index (χ1n) is 4.49. The highest BCUT2D eigenvalue weighted by atomic mass is 79.9. The normalized spacial score (nSPS) is 10.6. The molecule has 1 aromatic rings. The first kappa shape index (κ1) is 12.5. The van der Waals surface area contributed by atoms with Gasteiger partial charge in [-0.25, -0.2) is 4.79 Å². The number of carbonyl (C=O) groups is 1. The number of aliphatic carboxylic acids is 1. The molecule has 0 heterocycles. The van der Waals surface area contributed by atoms with Crippen molar-refractivity contribution in [3.8, 4) is 11.8 Å². The molecule has 0 bridgehead atoms. The van der Waals surface area contributed by atoms with Gasteiger partial charge in [0.2, 0.25) is 0 Å². The van der Waals surface area contributed by atoms with Gasteiger partial charge in [0, 0.05) is 4.47 Å². The summed E-state index contributed by atoms with van der Waals surface area (Å²) in [6, 6.07) is 6.78. The zero-order valence-electron chi connectivity index (χ0n) is 8.82. The number of ether oxygens (including phenoxy) is 1. The number of nitriles is 1. The third-order valence-corrected chi connectivity index (χ3v) is 2.44. The summed E-state index contributed by atoms with van der Waals surface area (Å²) in [5.74, 6) is -0.833. The Labute approximate surface area is 102 Å². The first-order chi connectivity index (χ1) is 7.36. The molecular weight excluding hydrogens is 274 g/mol. The summed E-state index contributed by atoms with van der Waals surface area (Å²) in [5, 5.41) is 17.8. The summed E-state index contributed by atoms with van der Waals surface area (Å²) in [5.41, 5.74) is -1.07. The average molecular weight is 284 g/mol. The predicted molar refractivity (Wildman–Crippen MR) is 61.2 cm³/mol. The lowest BCUT2D eigenvalue weighted by Crippen LogP contribution is -2.38. The van der Waals surface area contributed by atoms with Crippen LogP contribution in [0, 0.1) is 11.3 Å². The molecule has 1 aromatic carbocycles. The quantitative estimate of drug-likeness (QED) is 0.926. The van der Waals surface area contributed by atoms with Gasteiger partial charge in [-0.15, -0.1) is 0 Å². The molecule has 0 radical (unpaired) electrons. The zero-order valence-corrected chi connectivity index (χ0v) is 10.4. The fourth-order valence-corrected chi connectivity index (χ4v) is 1.33. The monoisotopic (exact) mass is 283 g/mol. The molecule has 1 rings (SSSR count). The van der Waals surface area contributed by atoms with E-state index < -0.39 is 11.6 Å². The first-order valence-corrected chi connectivity index (χ1v) is 5.28. The van der Waals surface area contributed by atoms with E-state index in [-0.39, 0.29) is 5.75 Å². The van der Waals surface area contributed by atoms with Crippen LogP contribution in [0.5, 0.6) is 5.75 Å². The van der Waals surface area contributed by atoms with Crippen molar-refractivity contribution >= 4 is 21.9 Å². The van der Waals surface area contributed by atoms with Gasteiger partial charge in [-0.05, 0) is 32.0 Å². The molecule has 0 aliphatic rings. The highest BCUT2D eigenvalue weighted by Gasteiger charge is 2.30. The van der Waals surface area contributed by atoms with Crippen molar-refractivity contribution in [1.82, 2.24) is 0 Å².